The molecular weight excluding hydrogens is 186 g/mol. The molecule has 0 atom stereocenters. The first-order valence-corrected chi connectivity index (χ1v) is 6.10. The molecule has 0 N–H and O–H groups in total. The number of nitrogens with zero attached hydrogens (tertiary/aromatic N) is 1. The van der Waals surface area contributed by atoms with Crippen molar-refractivity contribution in [2.24, 2.45) is 0 Å². The van der Waals surface area contributed by atoms with E-state index in [9.17, 15) is 0 Å². The van der Waals surface area contributed by atoms with Crippen LogP contribution < -0.4 is 0 Å². The summed E-state index contributed by atoms with van der Waals surface area (Å²) in [5, 5.41) is 3.55. The molecule has 0 bridgehead atoms. The normalized spacial score (nSPS) is 9.60. The van der Waals surface area contributed by atoms with E-state index in [2.05, 4.69) is 19.0 Å². The van der Waals surface area contributed by atoms with Gasteiger partial charge in [0.25, 0.3) is 0 Å². The summed E-state index contributed by atoms with van der Waals surface area (Å²) in [4.78, 5) is 0. The smallest absolute Gasteiger partial charge is 0.136 e. The van der Waals surface area contributed by atoms with Gasteiger partial charge in [0.2, 0.25) is 0 Å². The molecule has 0 saturated heterocycles. The molecule has 1 aromatic heterocycles. The first-order chi connectivity index (χ1) is 7.22. The van der Waals surface area contributed by atoms with E-state index in [0.717, 1.165) is 11.3 Å². The second-order valence-electron chi connectivity index (χ2n) is 3.98. The molecule has 0 radical (unpaired) electrons. The van der Waals surface area contributed by atoms with E-state index >= 15 is 0 Å². The summed E-state index contributed by atoms with van der Waals surface area (Å²) in [7, 11) is 0. The van der Waals surface area contributed by atoms with Crippen molar-refractivity contribution in [2.75, 3.05) is 0 Å². The molecule has 0 aliphatic rings. The van der Waals surface area contributed by atoms with Crippen molar-refractivity contribution in [3.05, 3.63) is 17.5 Å². The van der Waals surface area contributed by atoms with Crippen LogP contribution in [0.1, 0.15) is 63.7 Å². The third-order valence-electron chi connectivity index (χ3n) is 2.45. The van der Waals surface area contributed by atoms with Crippen LogP contribution in [-0.4, -0.2) is 5.16 Å². The molecular formula is C13H25NO. The number of hydrogen-bond donors (Lipinski definition) is 0. The van der Waals surface area contributed by atoms with Gasteiger partial charge < -0.3 is 4.52 Å². The fraction of sp³-hybridized carbons (Fsp3) is 0.769. The van der Waals surface area contributed by atoms with Crippen molar-refractivity contribution in [1.29, 1.82) is 0 Å². The number of hydrogen-bond acceptors (Lipinski definition) is 2. The predicted octanol–water partition coefficient (Wildman–Crippen LogP) is 4.66. The minimum absolute atomic E-state index is 0.903. The molecule has 0 amide bonds. The highest BCUT2D eigenvalue weighted by Crippen LogP contribution is 2.03. The molecule has 0 aromatic carbocycles. The average molecular weight is 211 g/mol. The lowest BCUT2D eigenvalue weighted by atomic mass is 10.1. The Morgan fingerprint density at radius 3 is 1.73 bits per heavy atom. The maximum Gasteiger partial charge on any atom is 0.136 e. The molecule has 15 heavy (non-hydrogen) atoms. The minimum atomic E-state index is 0.903. The lowest BCUT2D eigenvalue weighted by Gasteiger charge is -1.93. The van der Waals surface area contributed by atoms with Crippen LogP contribution >= 0.6 is 0 Å². The molecule has 2 nitrogen and oxygen atoms in total. The zero-order chi connectivity index (χ0) is 11.5. The van der Waals surface area contributed by atoms with Crippen LogP contribution in [0.2, 0.25) is 0 Å². The van der Waals surface area contributed by atoms with Gasteiger partial charge in [-0.05, 0) is 13.8 Å². The molecule has 0 unspecified atom stereocenters. The van der Waals surface area contributed by atoms with Gasteiger partial charge in [-0.2, -0.15) is 0 Å². The molecule has 1 aromatic rings. The minimum Gasteiger partial charge on any atom is -0.361 e. The average Bonchev–Trinajstić information content (AvgIpc) is 2.60. The number of aryl methyl sites for hydroxylation is 2. The summed E-state index contributed by atoms with van der Waals surface area (Å²) in [5.74, 6) is 0.903. The molecule has 0 fully saturated rings. The topological polar surface area (TPSA) is 26.0 Å². The summed E-state index contributed by atoms with van der Waals surface area (Å²) in [5.41, 5.74) is 1.11. The van der Waals surface area contributed by atoms with Gasteiger partial charge in [0.1, 0.15) is 5.76 Å². The van der Waals surface area contributed by atoms with Gasteiger partial charge in [0, 0.05) is 5.56 Å². The molecule has 88 valence electrons. The van der Waals surface area contributed by atoms with Crippen molar-refractivity contribution >= 4 is 0 Å². The second kappa shape index (κ2) is 9.75. The third-order valence-corrected chi connectivity index (χ3v) is 2.45. The number of aromatic nitrogens is 1. The van der Waals surface area contributed by atoms with Crippen LogP contribution in [0.25, 0.3) is 0 Å². The van der Waals surface area contributed by atoms with Crippen molar-refractivity contribution in [3.8, 4) is 0 Å². The Kier molecular flexibility index (Phi) is 9.24. The highest BCUT2D eigenvalue weighted by molar-refractivity contribution is 5.07. The van der Waals surface area contributed by atoms with E-state index in [4.69, 9.17) is 4.52 Å². The van der Waals surface area contributed by atoms with E-state index in [1.54, 1.807) is 6.20 Å². The van der Waals surface area contributed by atoms with Crippen LogP contribution in [0.3, 0.4) is 0 Å². The molecule has 0 saturated carbocycles. The van der Waals surface area contributed by atoms with Gasteiger partial charge >= 0.3 is 0 Å². The molecule has 1 rings (SSSR count). The van der Waals surface area contributed by atoms with E-state index in [0.29, 0.717) is 0 Å². The summed E-state index contributed by atoms with van der Waals surface area (Å²) >= 11 is 0. The van der Waals surface area contributed by atoms with E-state index in [-0.39, 0.29) is 0 Å². The van der Waals surface area contributed by atoms with Crippen molar-refractivity contribution in [2.45, 2.75) is 66.2 Å². The quantitative estimate of drug-likeness (QED) is 0.662. The predicted molar refractivity (Wildman–Crippen MR) is 65.0 cm³/mol. The van der Waals surface area contributed by atoms with Crippen molar-refractivity contribution in [3.63, 3.8) is 0 Å². The second-order valence-corrected chi connectivity index (χ2v) is 3.98. The van der Waals surface area contributed by atoms with Gasteiger partial charge in [-0.15, -0.1) is 0 Å². The van der Waals surface area contributed by atoms with Crippen LogP contribution in [0.4, 0.5) is 0 Å². The highest BCUT2D eigenvalue weighted by Gasteiger charge is 1.91. The zero-order valence-electron chi connectivity index (χ0n) is 10.7. The molecule has 0 aliphatic carbocycles. The lowest BCUT2D eigenvalue weighted by molar-refractivity contribution is 0.396. The maximum atomic E-state index is 4.71. The van der Waals surface area contributed by atoms with Gasteiger partial charge in [-0.25, -0.2) is 0 Å². The standard InChI is InChI=1S/C8H18.C5H7NO/c1-3-5-7-8-6-4-2;1-4-3-6-7-5(4)2/h3-8H2,1-2H3;3H,1-2H3. The van der Waals surface area contributed by atoms with E-state index in [1.807, 2.05) is 13.8 Å². The fourth-order valence-electron chi connectivity index (χ4n) is 1.20. The molecule has 1 heterocycles. The van der Waals surface area contributed by atoms with Crippen LogP contribution in [-0.2, 0) is 0 Å². The Labute approximate surface area is 94.1 Å². The van der Waals surface area contributed by atoms with Crippen molar-refractivity contribution in [1.82, 2.24) is 5.16 Å². The lowest BCUT2D eigenvalue weighted by Crippen LogP contribution is -1.73. The summed E-state index contributed by atoms with van der Waals surface area (Å²) < 4.78 is 4.71. The molecule has 0 spiro atoms. The van der Waals surface area contributed by atoms with Gasteiger partial charge in [0.05, 0.1) is 6.20 Å². The van der Waals surface area contributed by atoms with Gasteiger partial charge in [0.15, 0.2) is 0 Å². The largest absolute Gasteiger partial charge is 0.361 e. The third kappa shape index (κ3) is 8.22. The Morgan fingerprint density at radius 1 is 1.00 bits per heavy atom. The Morgan fingerprint density at radius 2 is 1.53 bits per heavy atom. The van der Waals surface area contributed by atoms with E-state index in [1.165, 1.54) is 38.5 Å². The first-order valence-electron chi connectivity index (χ1n) is 6.10. The summed E-state index contributed by atoms with van der Waals surface area (Å²) in [6.45, 7) is 8.37. The number of rotatable bonds is 5. The van der Waals surface area contributed by atoms with Crippen LogP contribution in [0.15, 0.2) is 10.7 Å². The Bertz CT molecular complexity index is 208. The molecule has 2 heteroatoms. The van der Waals surface area contributed by atoms with E-state index < -0.39 is 0 Å². The Hall–Kier alpha value is -0.790. The summed E-state index contributed by atoms with van der Waals surface area (Å²) in [6.07, 6.45) is 10.2. The number of unbranched alkanes of at least 4 members (excludes halogenated alkanes) is 5. The fourth-order valence-corrected chi connectivity index (χ4v) is 1.20. The first kappa shape index (κ1) is 14.2. The maximum absolute atomic E-state index is 4.71. The SMILES string of the molecule is CCCCCCCC.Cc1cnoc1C. The van der Waals surface area contributed by atoms with Crippen molar-refractivity contribution < 1.29 is 4.52 Å². The monoisotopic (exact) mass is 211 g/mol. The highest BCUT2D eigenvalue weighted by atomic mass is 16.5. The van der Waals surface area contributed by atoms with Crippen LogP contribution in [0, 0.1) is 13.8 Å². The van der Waals surface area contributed by atoms with Gasteiger partial charge in [-0.3, -0.25) is 0 Å². The van der Waals surface area contributed by atoms with Gasteiger partial charge in [-0.1, -0.05) is 57.5 Å². The zero-order valence-corrected chi connectivity index (χ0v) is 10.7. The molecule has 0 aliphatic heterocycles. The van der Waals surface area contributed by atoms with Crippen LogP contribution in [0.5, 0.6) is 0 Å². The summed E-state index contributed by atoms with van der Waals surface area (Å²) in [6, 6.07) is 0. The Balaban J connectivity index is 0.000000262.